The number of carbonyl (C=O) groups excluding carboxylic acids is 1. The van der Waals surface area contributed by atoms with E-state index in [-0.39, 0.29) is 19.1 Å². The van der Waals surface area contributed by atoms with E-state index in [1.165, 1.54) is 11.8 Å². The number of rotatable bonds is 4. The zero-order valence-corrected chi connectivity index (χ0v) is 10.4. The van der Waals surface area contributed by atoms with Crippen molar-refractivity contribution < 1.29 is 9.90 Å². The van der Waals surface area contributed by atoms with Crippen LogP contribution in [0.2, 0.25) is 0 Å². The van der Waals surface area contributed by atoms with Crippen molar-refractivity contribution in [3.63, 3.8) is 0 Å². The van der Waals surface area contributed by atoms with Gasteiger partial charge in [0.15, 0.2) is 0 Å². The molecule has 0 aliphatic carbocycles. The third-order valence-corrected chi connectivity index (χ3v) is 2.67. The highest BCUT2D eigenvalue weighted by Gasteiger charge is 2.16. The number of amides is 1. The standard InChI is InChI=1S/C10H15N3O2S/c1-6-8(9(15)11-4-5-14)10(16-3)13-7(2)12-6/h14H,4-5H2,1-3H3,(H,11,15). The molecule has 0 bridgehead atoms. The average molecular weight is 241 g/mol. The summed E-state index contributed by atoms with van der Waals surface area (Å²) in [5.41, 5.74) is 1.15. The Hall–Kier alpha value is -1.14. The number of aliphatic hydroxyl groups is 1. The number of hydrogen-bond donors (Lipinski definition) is 2. The van der Waals surface area contributed by atoms with Gasteiger partial charge in [0.1, 0.15) is 10.9 Å². The number of nitrogens with one attached hydrogen (secondary N) is 1. The molecule has 0 aromatic carbocycles. The Morgan fingerprint density at radius 3 is 2.69 bits per heavy atom. The summed E-state index contributed by atoms with van der Waals surface area (Å²) in [6.07, 6.45) is 1.87. The quantitative estimate of drug-likeness (QED) is 0.594. The minimum Gasteiger partial charge on any atom is -0.395 e. The molecule has 1 aromatic rings. The maximum absolute atomic E-state index is 11.8. The molecule has 1 heterocycles. The van der Waals surface area contributed by atoms with Gasteiger partial charge in [-0.2, -0.15) is 0 Å². The van der Waals surface area contributed by atoms with Crippen molar-refractivity contribution in [2.45, 2.75) is 18.9 Å². The molecule has 0 fully saturated rings. The number of hydrogen-bond acceptors (Lipinski definition) is 5. The number of aromatic nitrogens is 2. The monoisotopic (exact) mass is 241 g/mol. The zero-order chi connectivity index (χ0) is 12.1. The summed E-state index contributed by atoms with van der Waals surface area (Å²) in [5.74, 6) is 0.413. The molecule has 0 spiro atoms. The highest BCUT2D eigenvalue weighted by atomic mass is 32.2. The van der Waals surface area contributed by atoms with Crippen LogP contribution in [-0.4, -0.2) is 40.4 Å². The van der Waals surface area contributed by atoms with Crippen molar-refractivity contribution in [3.8, 4) is 0 Å². The van der Waals surface area contributed by atoms with Crippen LogP contribution < -0.4 is 5.32 Å². The fraction of sp³-hybridized carbons (Fsp3) is 0.500. The van der Waals surface area contributed by atoms with E-state index in [1.54, 1.807) is 13.8 Å². The van der Waals surface area contributed by atoms with Crippen LogP contribution in [0.15, 0.2) is 5.03 Å². The van der Waals surface area contributed by atoms with E-state index in [1.807, 2.05) is 6.26 Å². The number of aryl methyl sites for hydroxylation is 2. The Morgan fingerprint density at radius 1 is 1.44 bits per heavy atom. The third-order valence-electron chi connectivity index (χ3n) is 1.99. The lowest BCUT2D eigenvalue weighted by atomic mass is 10.2. The average Bonchev–Trinajstić information content (AvgIpc) is 2.24. The van der Waals surface area contributed by atoms with E-state index >= 15 is 0 Å². The molecule has 6 heteroatoms. The van der Waals surface area contributed by atoms with E-state index in [4.69, 9.17) is 5.11 Å². The summed E-state index contributed by atoms with van der Waals surface area (Å²) >= 11 is 1.41. The smallest absolute Gasteiger partial charge is 0.255 e. The van der Waals surface area contributed by atoms with Gasteiger partial charge in [-0.15, -0.1) is 11.8 Å². The van der Waals surface area contributed by atoms with Gasteiger partial charge in [-0.05, 0) is 20.1 Å². The molecule has 2 N–H and O–H groups in total. The van der Waals surface area contributed by atoms with E-state index in [9.17, 15) is 4.79 Å². The lowest BCUT2D eigenvalue weighted by molar-refractivity contribution is 0.0940. The van der Waals surface area contributed by atoms with Crippen molar-refractivity contribution in [1.29, 1.82) is 0 Å². The van der Waals surface area contributed by atoms with Crippen LogP contribution in [-0.2, 0) is 0 Å². The van der Waals surface area contributed by atoms with Crippen LogP contribution >= 0.6 is 11.8 Å². The molecule has 0 atom stereocenters. The van der Waals surface area contributed by atoms with Gasteiger partial charge in [0.25, 0.3) is 5.91 Å². The van der Waals surface area contributed by atoms with Crippen LogP contribution in [0.25, 0.3) is 0 Å². The molecule has 1 aromatic heterocycles. The predicted octanol–water partition coefficient (Wildman–Crippen LogP) is 0.537. The van der Waals surface area contributed by atoms with Crippen LogP contribution in [0, 0.1) is 13.8 Å². The fourth-order valence-corrected chi connectivity index (χ4v) is 2.02. The van der Waals surface area contributed by atoms with Gasteiger partial charge in [-0.1, -0.05) is 0 Å². The first-order valence-electron chi connectivity index (χ1n) is 4.88. The molecule has 1 amide bonds. The van der Waals surface area contributed by atoms with Crippen molar-refractivity contribution >= 4 is 17.7 Å². The molecule has 0 aliphatic heterocycles. The fourth-order valence-electron chi connectivity index (χ4n) is 1.35. The Labute approximate surface area is 98.7 Å². The first-order chi connectivity index (χ1) is 7.60. The topological polar surface area (TPSA) is 75.1 Å². The largest absolute Gasteiger partial charge is 0.395 e. The van der Waals surface area contributed by atoms with Crippen molar-refractivity contribution in [2.24, 2.45) is 0 Å². The van der Waals surface area contributed by atoms with Gasteiger partial charge in [0.2, 0.25) is 0 Å². The first-order valence-corrected chi connectivity index (χ1v) is 6.11. The maximum Gasteiger partial charge on any atom is 0.255 e. The predicted molar refractivity (Wildman–Crippen MR) is 62.7 cm³/mol. The summed E-state index contributed by atoms with van der Waals surface area (Å²) in [6, 6.07) is 0. The minimum atomic E-state index is -0.240. The highest BCUT2D eigenvalue weighted by Crippen LogP contribution is 2.20. The normalized spacial score (nSPS) is 10.2. The van der Waals surface area contributed by atoms with Gasteiger partial charge in [-0.3, -0.25) is 4.79 Å². The Bertz CT molecular complexity index is 396. The van der Waals surface area contributed by atoms with Crippen molar-refractivity contribution in [1.82, 2.24) is 15.3 Å². The Balaban J connectivity index is 3.06. The second-order valence-corrected chi connectivity index (χ2v) is 4.01. The van der Waals surface area contributed by atoms with Crippen LogP contribution in [0.5, 0.6) is 0 Å². The molecule has 5 nitrogen and oxygen atoms in total. The Kier molecular flexibility index (Phi) is 4.70. The molecule has 0 saturated heterocycles. The van der Waals surface area contributed by atoms with Crippen LogP contribution in [0.4, 0.5) is 0 Å². The van der Waals surface area contributed by atoms with Gasteiger partial charge < -0.3 is 10.4 Å². The number of thioether (sulfide) groups is 1. The molecule has 88 valence electrons. The zero-order valence-electron chi connectivity index (χ0n) is 9.57. The lowest BCUT2D eigenvalue weighted by Crippen LogP contribution is -2.28. The third kappa shape index (κ3) is 2.93. The van der Waals surface area contributed by atoms with Crippen molar-refractivity contribution in [3.05, 3.63) is 17.1 Å². The lowest BCUT2D eigenvalue weighted by Gasteiger charge is -2.10. The molecular weight excluding hydrogens is 226 g/mol. The van der Waals surface area contributed by atoms with E-state index < -0.39 is 0 Å². The van der Waals surface area contributed by atoms with E-state index in [0.717, 1.165) is 0 Å². The second-order valence-electron chi connectivity index (χ2n) is 3.22. The van der Waals surface area contributed by atoms with Crippen LogP contribution in [0.1, 0.15) is 21.9 Å². The summed E-state index contributed by atoms with van der Waals surface area (Å²) < 4.78 is 0. The second kappa shape index (κ2) is 5.81. The van der Waals surface area contributed by atoms with Gasteiger partial charge in [0.05, 0.1) is 17.9 Å². The SMILES string of the molecule is CSc1nc(C)nc(C)c1C(=O)NCCO. The molecular formula is C10H15N3O2S. The molecule has 0 radical (unpaired) electrons. The van der Waals surface area contributed by atoms with Gasteiger partial charge in [0, 0.05) is 6.54 Å². The summed E-state index contributed by atoms with van der Waals surface area (Å²) in [5, 5.41) is 11.9. The number of nitrogens with zero attached hydrogens (tertiary/aromatic N) is 2. The molecule has 0 unspecified atom stereocenters. The van der Waals surface area contributed by atoms with Gasteiger partial charge in [-0.25, -0.2) is 9.97 Å². The van der Waals surface area contributed by atoms with Crippen LogP contribution in [0.3, 0.4) is 0 Å². The molecule has 16 heavy (non-hydrogen) atoms. The molecule has 1 rings (SSSR count). The number of aliphatic hydroxyl groups excluding tert-OH is 1. The maximum atomic E-state index is 11.8. The summed E-state index contributed by atoms with van der Waals surface area (Å²) in [7, 11) is 0. The molecule has 0 saturated carbocycles. The number of carbonyl (C=O) groups is 1. The van der Waals surface area contributed by atoms with E-state index in [2.05, 4.69) is 15.3 Å². The summed E-state index contributed by atoms with van der Waals surface area (Å²) in [6.45, 7) is 3.73. The Morgan fingerprint density at radius 2 is 2.12 bits per heavy atom. The first kappa shape index (κ1) is 12.9. The van der Waals surface area contributed by atoms with E-state index in [0.29, 0.717) is 22.1 Å². The van der Waals surface area contributed by atoms with Gasteiger partial charge >= 0.3 is 0 Å². The highest BCUT2D eigenvalue weighted by molar-refractivity contribution is 7.98. The molecule has 0 aliphatic rings. The van der Waals surface area contributed by atoms with Crippen molar-refractivity contribution in [2.75, 3.05) is 19.4 Å². The summed E-state index contributed by atoms with van der Waals surface area (Å²) in [4.78, 5) is 20.2. The minimum absolute atomic E-state index is 0.0773.